The zero-order chi connectivity index (χ0) is 33.0. The van der Waals surface area contributed by atoms with Gasteiger partial charge in [-0.1, -0.05) is 133 Å². The van der Waals surface area contributed by atoms with Gasteiger partial charge in [0.2, 0.25) is 0 Å². The standard InChI is InChI=1S/C48H33NS/c1-2-10-32(11-3-1)33-24-26-38(27-25-33)49(40-28-29-42-37(31-40)23-22-35-21-20-34-12-4-5-15-41(34)47(35)42)39-14-8-13-36(30-39)43-17-9-18-45-44-16-6-7-19-46(44)50-48(43)45/h1-3,5-11,13-31H,4,12H2. The molecule has 1 nitrogen and oxygen atoms in total. The van der Waals surface area contributed by atoms with Crippen molar-refractivity contribution in [1.82, 2.24) is 0 Å². The molecule has 0 aliphatic heterocycles. The Morgan fingerprint density at radius 3 is 2.12 bits per heavy atom. The number of benzene rings is 8. The summed E-state index contributed by atoms with van der Waals surface area (Å²) in [7, 11) is 0. The number of anilines is 3. The molecule has 0 saturated carbocycles. The predicted molar refractivity (Wildman–Crippen MR) is 217 cm³/mol. The smallest absolute Gasteiger partial charge is 0.0468 e. The minimum absolute atomic E-state index is 1.11. The number of hydrogen-bond acceptors (Lipinski definition) is 2. The molecule has 1 heterocycles. The molecule has 1 aliphatic carbocycles. The highest BCUT2D eigenvalue weighted by atomic mass is 32.1. The Kier molecular flexibility index (Phi) is 6.89. The van der Waals surface area contributed by atoms with Gasteiger partial charge < -0.3 is 4.90 Å². The topological polar surface area (TPSA) is 3.24 Å². The maximum Gasteiger partial charge on any atom is 0.0468 e. The second-order valence-corrected chi connectivity index (χ2v) is 14.3. The van der Waals surface area contributed by atoms with Gasteiger partial charge in [0, 0.05) is 37.2 Å². The van der Waals surface area contributed by atoms with Crippen LogP contribution in [0.2, 0.25) is 0 Å². The van der Waals surface area contributed by atoms with Crippen LogP contribution in [0.3, 0.4) is 0 Å². The predicted octanol–water partition coefficient (Wildman–Crippen LogP) is 14.1. The molecule has 1 aromatic heterocycles. The summed E-state index contributed by atoms with van der Waals surface area (Å²) >= 11 is 1.88. The van der Waals surface area contributed by atoms with E-state index in [0.29, 0.717) is 0 Å². The molecule has 50 heavy (non-hydrogen) atoms. The first-order valence-corrected chi connectivity index (χ1v) is 18.2. The van der Waals surface area contributed by atoms with E-state index in [4.69, 9.17) is 0 Å². The van der Waals surface area contributed by atoms with E-state index in [2.05, 4.69) is 181 Å². The molecular formula is C48H33NS. The Bertz CT molecular complexity index is 2750. The first-order chi connectivity index (χ1) is 24.8. The van der Waals surface area contributed by atoms with Crippen LogP contribution in [-0.2, 0) is 6.42 Å². The lowest BCUT2D eigenvalue weighted by Crippen LogP contribution is -2.10. The van der Waals surface area contributed by atoms with Crippen LogP contribution in [0, 0.1) is 0 Å². The van der Waals surface area contributed by atoms with E-state index in [9.17, 15) is 0 Å². The lowest BCUT2D eigenvalue weighted by atomic mass is 9.89. The van der Waals surface area contributed by atoms with Gasteiger partial charge in [0.1, 0.15) is 0 Å². The van der Waals surface area contributed by atoms with Crippen LogP contribution in [0.1, 0.15) is 17.5 Å². The summed E-state index contributed by atoms with van der Waals surface area (Å²) in [6.45, 7) is 0. The fourth-order valence-electron chi connectivity index (χ4n) is 7.87. The molecule has 0 amide bonds. The highest BCUT2D eigenvalue weighted by Crippen LogP contribution is 2.43. The van der Waals surface area contributed by atoms with Gasteiger partial charge >= 0.3 is 0 Å². The minimum Gasteiger partial charge on any atom is -0.310 e. The molecule has 1 aliphatic rings. The molecule has 0 atom stereocenters. The first kappa shape index (κ1) is 29.0. The van der Waals surface area contributed by atoms with Crippen LogP contribution in [0.4, 0.5) is 17.1 Å². The highest BCUT2D eigenvalue weighted by Gasteiger charge is 2.18. The zero-order valence-electron chi connectivity index (χ0n) is 27.5. The molecule has 0 saturated heterocycles. The van der Waals surface area contributed by atoms with Crippen molar-refractivity contribution in [3.63, 3.8) is 0 Å². The minimum atomic E-state index is 1.11. The van der Waals surface area contributed by atoms with E-state index in [1.165, 1.54) is 75.1 Å². The number of aryl methyl sites for hydroxylation is 1. The summed E-state index contributed by atoms with van der Waals surface area (Å²) in [6, 6.07) is 60.3. The van der Waals surface area contributed by atoms with Crippen molar-refractivity contribution in [2.75, 3.05) is 4.90 Å². The van der Waals surface area contributed by atoms with E-state index in [-0.39, 0.29) is 0 Å². The molecule has 0 fully saturated rings. The number of hydrogen-bond donors (Lipinski definition) is 0. The summed E-state index contributed by atoms with van der Waals surface area (Å²) in [6.07, 6.45) is 6.87. The van der Waals surface area contributed by atoms with Crippen LogP contribution in [0.25, 0.3) is 70.0 Å². The van der Waals surface area contributed by atoms with Crippen LogP contribution in [0.5, 0.6) is 0 Å². The quantitative estimate of drug-likeness (QED) is 0.167. The second kappa shape index (κ2) is 11.9. The number of allylic oxidation sites excluding steroid dienone is 1. The van der Waals surface area contributed by atoms with Crippen molar-refractivity contribution in [3.8, 4) is 22.3 Å². The van der Waals surface area contributed by atoms with Crippen molar-refractivity contribution >= 4 is 76.2 Å². The van der Waals surface area contributed by atoms with Gasteiger partial charge in [0.15, 0.2) is 0 Å². The molecule has 8 aromatic carbocycles. The lowest BCUT2D eigenvalue weighted by Gasteiger charge is -2.27. The lowest BCUT2D eigenvalue weighted by molar-refractivity contribution is 0.990. The molecule has 236 valence electrons. The molecule has 10 rings (SSSR count). The number of thiophene rings is 1. The van der Waals surface area contributed by atoms with Crippen molar-refractivity contribution in [1.29, 1.82) is 0 Å². The Morgan fingerprint density at radius 1 is 0.480 bits per heavy atom. The van der Waals surface area contributed by atoms with Crippen LogP contribution < -0.4 is 4.90 Å². The van der Waals surface area contributed by atoms with Crippen molar-refractivity contribution in [2.45, 2.75) is 12.8 Å². The maximum atomic E-state index is 2.41. The van der Waals surface area contributed by atoms with E-state index in [0.717, 1.165) is 29.9 Å². The Balaban J connectivity index is 1.15. The van der Waals surface area contributed by atoms with Crippen molar-refractivity contribution < 1.29 is 0 Å². The molecular weight excluding hydrogens is 623 g/mol. The van der Waals surface area contributed by atoms with Crippen LogP contribution >= 0.6 is 11.3 Å². The Hall–Kier alpha value is -5.96. The van der Waals surface area contributed by atoms with Gasteiger partial charge in [0.25, 0.3) is 0 Å². The van der Waals surface area contributed by atoms with Gasteiger partial charge in [-0.2, -0.15) is 0 Å². The fraction of sp³-hybridized carbons (Fsp3) is 0.0417. The number of fused-ring (bicyclic) bond motifs is 8. The third kappa shape index (κ3) is 4.83. The SMILES string of the molecule is C1=Cc2c(ccc3ccc4cc(N(c5ccc(-c6ccccc6)cc5)c5cccc(-c6cccc7c6sc6ccccc67)c5)ccc4c23)CC1. The fourth-order valence-corrected chi connectivity index (χ4v) is 9.11. The molecule has 0 radical (unpaired) electrons. The van der Waals surface area contributed by atoms with Crippen molar-refractivity contribution in [2.24, 2.45) is 0 Å². The van der Waals surface area contributed by atoms with E-state index in [1.54, 1.807) is 0 Å². The summed E-state index contributed by atoms with van der Waals surface area (Å²) in [5.74, 6) is 0. The summed E-state index contributed by atoms with van der Waals surface area (Å²) in [4.78, 5) is 2.41. The zero-order valence-corrected chi connectivity index (χ0v) is 28.3. The molecule has 0 spiro atoms. The Labute approximate surface area is 296 Å². The molecule has 0 unspecified atom stereocenters. The largest absolute Gasteiger partial charge is 0.310 e. The van der Waals surface area contributed by atoms with Gasteiger partial charge in [-0.3, -0.25) is 0 Å². The monoisotopic (exact) mass is 655 g/mol. The highest BCUT2D eigenvalue weighted by molar-refractivity contribution is 7.26. The molecule has 0 N–H and O–H groups in total. The molecule has 2 heteroatoms. The molecule has 0 bridgehead atoms. The summed E-state index contributed by atoms with van der Waals surface area (Å²) in [5.41, 5.74) is 11.1. The third-order valence-electron chi connectivity index (χ3n) is 10.3. The molecule has 9 aromatic rings. The first-order valence-electron chi connectivity index (χ1n) is 17.4. The second-order valence-electron chi connectivity index (χ2n) is 13.2. The van der Waals surface area contributed by atoms with E-state index < -0.39 is 0 Å². The van der Waals surface area contributed by atoms with E-state index >= 15 is 0 Å². The Morgan fingerprint density at radius 2 is 1.20 bits per heavy atom. The normalized spacial score (nSPS) is 12.6. The van der Waals surface area contributed by atoms with Crippen LogP contribution in [0.15, 0.2) is 170 Å². The average Bonchev–Trinajstić information content (AvgIpc) is 3.57. The van der Waals surface area contributed by atoms with Gasteiger partial charge in [-0.25, -0.2) is 0 Å². The van der Waals surface area contributed by atoms with Gasteiger partial charge in [0.05, 0.1) is 0 Å². The maximum absolute atomic E-state index is 2.41. The van der Waals surface area contributed by atoms with Crippen molar-refractivity contribution in [3.05, 3.63) is 181 Å². The summed E-state index contributed by atoms with van der Waals surface area (Å²) in [5, 5.41) is 7.86. The third-order valence-corrected chi connectivity index (χ3v) is 11.5. The number of nitrogens with zero attached hydrogens (tertiary/aromatic N) is 1. The van der Waals surface area contributed by atoms with Gasteiger partial charge in [-0.05, 0) is 110 Å². The van der Waals surface area contributed by atoms with E-state index in [1.807, 2.05) is 11.3 Å². The van der Waals surface area contributed by atoms with Crippen LogP contribution in [-0.4, -0.2) is 0 Å². The van der Waals surface area contributed by atoms with Gasteiger partial charge in [-0.15, -0.1) is 11.3 Å². The summed E-state index contributed by atoms with van der Waals surface area (Å²) < 4.78 is 2.66. The number of rotatable bonds is 5. The average molecular weight is 656 g/mol.